The van der Waals surface area contributed by atoms with Crippen LogP contribution < -0.4 is 16.2 Å². The van der Waals surface area contributed by atoms with E-state index in [-0.39, 0.29) is 5.56 Å². The van der Waals surface area contributed by atoms with Crippen molar-refractivity contribution in [2.45, 2.75) is 19.5 Å². The van der Waals surface area contributed by atoms with E-state index in [1.165, 1.54) is 12.3 Å². The van der Waals surface area contributed by atoms with Crippen LogP contribution in [-0.4, -0.2) is 22.9 Å². The number of fused-ring (bicyclic) bond motifs is 1. The van der Waals surface area contributed by atoms with Gasteiger partial charge in [0.2, 0.25) is 0 Å². The summed E-state index contributed by atoms with van der Waals surface area (Å²) < 4.78 is 21.6. The number of halogens is 1. The fourth-order valence-electron chi connectivity index (χ4n) is 3.13. The number of aromatic nitrogens is 2. The highest BCUT2D eigenvalue weighted by Crippen LogP contribution is 2.28. The fraction of sp³-hybridized carbons (Fsp3) is 0.200. The van der Waals surface area contributed by atoms with E-state index in [9.17, 15) is 4.39 Å². The molecule has 1 heterocycles. The van der Waals surface area contributed by atoms with Crippen LogP contribution >= 0.6 is 0 Å². The molecule has 0 amide bonds. The van der Waals surface area contributed by atoms with Gasteiger partial charge in [-0.2, -0.15) is 0 Å². The van der Waals surface area contributed by atoms with Gasteiger partial charge in [-0.05, 0) is 30.7 Å². The number of hydrogen-bond acceptors (Lipinski definition) is 5. The van der Waals surface area contributed by atoms with Crippen molar-refractivity contribution in [2.75, 3.05) is 7.11 Å². The number of methoxy groups -OCH3 is 1. The van der Waals surface area contributed by atoms with Crippen molar-refractivity contribution in [1.82, 2.24) is 9.55 Å². The van der Waals surface area contributed by atoms with Gasteiger partial charge in [-0.15, -0.1) is 0 Å². The molecule has 3 rings (SSSR count). The Morgan fingerprint density at radius 1 is 1.33 bits per heavy atom. The molecule has 0 radical (unpaired) electrons. The molecule has 6 nitrogen and oxygen atoms in total. The monoisotopic (exact) mass is 367 g/mol. The van der Waals surface area contributed by atoms with Crippen LogP contribution in [0.4, 0.5) is 4.39 Å². The van der Waals surface area contributed by atoms with Crippen molar-refractivity contribution < 1.29 is 9.13 Å². The molecule has 0 saturated heterocycles. The zero-order chi connectivity index (χ0) is 19.6. The summed E-state index contributed by atoms with van der Waals surface area (Å²) in [4.78, 5) is 4.57. The third kappa shape index (κ3) is 3.29. The third-order valence-electron chi connectivity index (χ3n) is 4.58. The Balaban J connectivity index is 2.14. The van der Waals surface area contributed by atoms with Crippen LogP contribution in [0.3, 0.4) is 0 Å². The lowest BCUT2D eigenvalue weighted by Gasteiger charge is -2.14. The molecule has 1 atom stereocenters. The van der Waals surface area contributed by atoms with Crippen molar-refractivity contribution in [3.63, 3.8) is 0 Å². The molecular formula is C20H22FN5O. The van der Waals surface area contributed by atoms with E-state index in [2.05, 4.69) is 4.98 Å². The lowest BCUT2D eigenvalue weighted by Crippen LogP contribution is -2.17. The highest BCUT2D eigenvalue weighted by atomic mass is 19.1. The Kier molecular flexibility index (Phi) is 5.23. The Hall–Kier alpha value is -3.19. The predicted molar refractivity (Wildman–Crippen MR) is 105 cm³/mol. The Morgan fingerprint density at radius 3 is 2.59 bits per heavy atom. The number of rotatable bonds is 6. The van der Waals surface area contributed by atoms with E-state index in [1.54, 1.807) is 13.2 Å². The van der Waals surface area contributed by atoms with Crippen molar-refractivity contribution in [3.05, 3.63) is 65.4 Å². The van der Waals surface area contributed by atoms with Crippen LogP contribution in [0.5, 0.6) is 5.75 Å². The molecule has 1 unspecified atom stereocenters. The third-order valence-corrected chi connectivity index (χ3v) is 4.58. The first-order valence-corrected chi connectivity index (χ1v) is 8.56. The van der Waals surface area contributed by atoms with Crippen LogP contribution in [-0.2, 0) is 6.54 Å². The number of hydrogen-bond donors (Lipinski definition) is 3. The first-order valence-electron chi connectivity index (χ1n) is 8.56. The number of aryl methyl sites for hydroxylation is 1. The highest BCUT2D eigenvalue weighted by Gasteiger charge is 2.20. The fourth-order valence-corrected chi connectivity index (χ4v) is 3.13. The normalized spacial score (nSPS) is 13.0. The zero-order valence-electron chi connectivity index (χ0n) is 15.2. The molecule has 0 spiro atoms. The summed E-state index contributed by atoms with van der Waals surface area (Å²) in [6.45, 7) is 2.59. The average Bonchev–Trinajstić information content (AvgIpc) is 3.05. The molecule has 140 valence electrons. The average molecular weight is 367 g/mol. The number of nitrogens with zero attached hydrogens (tertiary/aromatic N) is 2. The van der Waals surface area contributed by atoms with Gasteiger partial charge in [-0.1, -0.05) is 12.1 Å². The number of imidazole rings is 1. The standard InChI is InChI=1S/C20H22FN5O/c1-3-26-18-8-15(13(10-22)11-23)16(21)9-17(18)25-20(26)19(24)12-4-6-14(27-2)7-5-12/h4-11,19,22H,3,23-24H2,1-2H3/b13-11+,22-10?. The van der Waals surface area contributed by atoms with E-state index < -0.39 is 11.9 Å². The smallest absolute Gasteiger partial charge is 0.133 e. The summed E-state index contributed by atoms with van der Waals surface area (Å²) in [5, 5.41) is 7.43. The summed E-state index contributed by atoms with van der Waals surface area (Å²) in [7, 11) is 1.61. The lowest BCUT2D eigenvalue weighted by atomic mass is 10.1. The van der Waals surface area contributed by atoms with Gasteiger partial charge >= 0.3 is 0 Å². The Morgan fingerprint density at radius 2 is 2.04 bits per heavy atom. The van der Waals surface area contributed by atoms with E-state index in [0.717, 1.165) is 23.0 Å². The first kappa shape index (κ1) is 18.6. The Labute approximate surface area is 156 Å². The zero-order valence-corrected chi connectivity index (χ0v) is 15.2. The molecule has 2 aromatic carbocycles. The molecule has 0 saturated carbocycles. The molecule has 5 N–H and O–H groups in total. The van der Waals surface area contributed by atoms with Crippen LogP contribution in [0, 0.1) is 11.2 Å². The molecule has 0 aliphatic heterocycles. The maximum absolute atomic E-state index is 14.5. The van der Waals surface area contributed by atoms with Gasteiger partial charge in [-0.25, -0.2) is 9.37 Å². The number of nitrogens with one attached hydrogen (secondary N) is 1. The SMILES string of the molecule is CCn1c(C(N)c2ccc(OC)cc2)nc2cc(F)c(/C(C=N)=C/N)cc21. The Bertz CT molecular complexity index is 1010. The number of ether oxygens (including phenoxy) is 1. The molecule has 0 aliphatic carbocycles. The van der Waals surface area contributed by atoms with E-state index in [0.29, 0.717) is 23.5 Å². The summed E-state index contributed by atoms with van der Waals surface area (Å²) in [5.74, 6) is 0.907. The summed E-state index contributed by atoms with van der Waals surface area (Å²) in [6.07, 6.45) is 2.24. The van der Waals surface area contributed by atoms with Gasteiger partial charge in [0.15, 0.2) is 0 Å². The summed E-state index contributed by atoms with van der Waals surface area (Å²) >= 11 is 0. The summed E-state index contributed by atoms with van der Waals surface area (Å²) in [5.41, 5.74) is 14.7. The number of benzene rings is 2. The molecule has 27 heavy (non-hydrogen) atoms. The van der Waals surface area contributed by atoms with Crippen molar-refractivity contribution >= 4 is 22.8 Å². The van der Waals surface area contributed by atoms with E-state index in [1.807, 2.05) is 35.8 Å². The van der Waals surface area contributed by atoms with Gasteiger partial charge < -0.3 is 26.2 Å². The van der Waals surface area contributed by atoms with Crippen molar-refractivity contribution in [1.29, 1.82) is 5.41 Å². The van der Waals surface area contributed by atoms with Crippen molar-refractivity contribution in [2.24, 2.45) is 11.5 Å². The van der Waals surface area contributed by atoms with Gasteiger partial charge in [0.1, 0.15) is 17.4 Å². The summed E-state index contributed by atoms with van der Waals surface area (Å²) in [6, 6.07) is 10.0. The maximum Gasteiger partial charge on any atom is 0.133 e. The second-order valence-electron chi connectivity index (χ2n) is 6.05. The minimum absolute atomic E-state index is 0.263. The predicted octanol–water partition coefficient (Wildman–Crippen LogP) is 3.20. The van der Waals surface area contributed by atoms with Gasteiger partial charge in [0, 0.05) is 36.2 Å². The molecular weight excluding hydrogens is 345 g/mol. The minimum atomic E-state index is -0.479. The quantitative estimate of drug-likeness (QED) is 0.582. The molecule has 3 aromatic rings. The second-order valence-corrected chi connectivity index (χ2v) is 6.05. The highest BCUT2D eigenvalue weighted by molar-refractivity contribution is 6.09. The molecule has 0 fully saturated rings. The maximum atomic E-state index is 14.5. The van der Waals surface area contributed by atoms with Gasteiger partial charge in [-0.3, -0.25) is 0 Å². The first-order chi connectivity index (χ1) is 13.0. The van der Waals surface area contributed by atoms with Crippen molar-refractivity contribution in [3.8, 4) is 5.75 Å². The van der Waals surface area contributed by atoms with E-state index in [4.69, 9.17) is 21.6 Å². The van der Waals surface area contributed by atoms with E-state index >= 15 is 0 Å². The molecule has 7 heteroatoms. The molecule has 1 aromatic heterocycles. The molecule has 0 aliphatic rings. The topological polar surface area (TPSA) is 103 Å². The molecule has 0 bridgehead atoms. The lowest BCUT2D eigenvalue weighted by molar-refractivity contribution is 0.414. The van der Waals surface area contributed by atoms with Crippen LogP contribution in [0.25, 0.3) is 16.6 Å². The minimum Gasteiger partial charge on any atom is -0.497 e. The van der Waals surface area contributed by atoms with Crippen LogP contribution in [0.2, 0.25) is 0 Å². The second kappa shape index (κ2) is 7.59. The largest absolute Gasteiger partial charge is 0.497 e. The van der Waals surface area contributed by atoms with Gasteiger partial charge in [0.25, 0.3) is 0 Å². The van der Waals surface area contributed by atoms with Crippen LogP contribution in [0.15, 0.2) is 42.6 Å². The van der Waals surface area contributed by atoms with Crippen LogP contribution in [0.1, 0.15) is 29.9 Å². The van der Waals surface area contributed by atoms with Gasteiger partial charge in [0.05, 0.1) is 24.2 Å². The number of nitrogens with two attached hydrogens (primary N) is 2. The number of allylic oxidation sites excluding steroid dienone is 1.